The van der Waals surface area contributed by atoms with Crippen LogP contribution in [-0.4, -0.2) is 34.6 Å². The van der Waals surface area contributed by atoms with Crippen molar-refractivity contribution in [3.63, 3.8) is 0 Å². The molecule has 108 valence electrons. The molecule has 1 N–H and O–H groups in total. The Labute approximate surface area is 108 Å². The Hall–Kier alpha value is -1.16. The first-order valence-corrected chi connectivity index (χ1v) is 7.22. The first kappa shape index (κ1) is 14.3. The molecule has 0 saturated heterocycles. The molecule has 0 unspecified atom stereocenters. The molecule has 0 aliphatic carbocycles. The maximum atomic E-state index is 12.5. The van der Waals surface area contributed by atoms with Gasteiger partial charge < -0.3 is 0 Å². The number of aryl methyl sites for hydroxylation is 1. The van der Waals surface area contributed by atoms with Crippen molar-refractivity contribution in [1.82, 2.24) is 19.5 Å². The molecular weight excluding hydrogens is 285 g/mol. The first-order valence-electron chi connectivity index (χ1n) is 5.67. The van der Waals surface area contributed by atoms with Gasteiger partial charge >= 0.3 is 6.18 Å². The number of rotatable bonds is 3. The first-order chi connectivity index (χ1) is 8.72. The number of alkyl halides is 3. The van der Waals surface area contributed by atoms with Gasteiger partial charge in [0.25, 0.3) is 0 Å². The number of hydrogen-bond acceptors (Lipinski definition) is 4. The van der Waals surface area contributed by atoms with Gasteiger partial charge in [-0.2, -0.15) is 18.3 Å². The van der Waals surface area contributed by atoms with Crippen LogP contribution in [0.2, 0.25) is 0 Å². The lowest BCUT2D eigenvalue weighted by Crippen LogP contribution is -2.44. The van der Waals surface area contributed by atoms with Gasteiger partial charge in [-0.3, -0.25) is 0 Å². The molecule has 0 bridgehead atoms. The van der Waals surface area contributed by atoms with Gasteiger partial charge in [-0.1, -0.05) is 0 Å². The van der Waals surface area contributed by atoms with E-state index in [-0.39, 0.29) is 0 Å². The molecule has 19 heavy (non-hydrogen) atoms. The van der Waals surface area contributed by atoms with Crippen LogP contribution < -0.4 is 4.72 Å². The van der Waals surface area contributed by atoms with Crippen molar-refractivity contribution in [2.75, 3.05) is 0 Å². The monoisotopic (exact) mass is 298 g/mol. The van der Waals surface area contributed by atoms with Crippen LogP contribution in [0.15, 0.2) is 6.33 Å². The lowest BCUT2D eigenvalue weighted by Gasteiger charge is -2.25. The second-order valence-electron chi connectivity index (χ2n) is 4.38. The van der Waals surface area contributed by atoms with Crippen molar-refractivity contribution in [1.29, 1.82) is 0 Å². The van der Waals surface area contributed by atoms with Crippen LogP contribution in [-0.2, 0) is 16.6 Å². The van der Waals surface area contributed by atoms with E-state index in [4.69, 9.17) is 0 Å². The minimum atomic E-state index is -4.80. The summed E-state index contributed by atoms with van der Waals surface area (Å²) in [5.74, 6) is 0.351. The molecule has 0 fully saturated rings. The second-order valence-corrected chi connectivity index (χ2v) is 6.42. The highest BCUT2D eigenvalue weighted by atomic mass is 32.2. The van der Waals surface area contributed by atoms with Crippen molar-refractivity contribution in [2.24, 2.45) is 0 Å². The minimum absolute atomic E-state index is 0.351. The predicted molar refractivity (Wildman–Crippen MR) is 59.6 cm³/mol. The van der Waals surface area contributed by atoms with Crippen LogP contribution in [0.4, 0.5) is 13.2 Å². The second kappa shape index (κ2) is 4.75. The van der Waals surface area contributed by atoms with Crippen LogP contribution in [0, 0.1) is 0 Å². The van der Waals surface area contributed by atoms with Crippen molar-refractivity contribution in [2.45, 2.75) is 43.8 Å². The van der Waals surface area contributed by atoms with Crippen molar-refractivity contribution in [3.05, 3.63) is 12.2 Å². The molecule has 1 aromatic heterocycles. The Morgan fingerprint density at radius 3 is 2.84 bits per heavy atom. The summed E-state index contributed by atoms with van der Waals surface area (Å²) in [6.45, 7) is 1.21. The summed E-state index contributed by atoms with van der Waals surface area (Å²) < 4.78 is 64.4. The lowest BCUT2D eigenvalue weighted by molar-refractivity contribution is -0.127. The van der Waals surface area contributed by atoms with E-state index in [0.717, 1.165) is 0 Å². The Balaban J connectivity index is 2.19. The summed E-state index contributed by atoms with van der Waals surface area (Å²) in [6, 6.07) is -0.758. The van der Waals surface area contributed by atoms with Crippen LogP contribution in [0.5, 0.6) is 0 Å². The summed E-state index contributed by atoms with van der Waals surface area (Å²) in [5, 5.41) is 1.42. The van der Waals surface area contributed by atoms with E-state index in [0.29, 0.717) is 32.1 Å². The molecule has 10 heteroatoms. The average molecular weight is 298 g/mol. The number of nitrogens with zero attached hydrogens (tertiary/aromatic N) is 3. The smallest absolute Gasteiger partial charge is 0.248 e. The van der Waals surface area contributed by atoms with E-state index in [1.165, 1.54) is 11.0 Å². The molecule has 0 aromatic carbocycles. The van der Waals surface area contributed by atoms with Crippen LogP contribution in [0.3, 0.4) is 0 Å². The van der Waals surface area contributed by atoms with Gasteiger partial charge in [0.15, 0.2) is 5.25 Å². The van der Waals surface area contributed by atoms with Gasteiger partial charge in [0.05, 0.1) is 6.04 Å². The number of aromatic nitrogens is 3. The summed E-state index contributed by atoms with van der Waals surface area (Å²) in [5.41, 5.74) is 0. The summed E-state index contributed by atoms with van der Waals surface area (Å²) in [7, 11) is -4.49. The van der Waals surface area contributed by atoms with E-state index >= 15 is 0 Å². The molecule has 1 aliphatic heterocycles. The van der Waals surface area contributed by atoms with Gasteiger partial charge in [-0.15, -0.1) is 0 Å². The van der Waals surface area contributed by atoms with Crippen molar-refractivity contribution in [3.8, 4) is 0 Å². The van der Waals surface area contributed by atoms with Crippen LogP contribution in [0.1, 0.15) is 31.6 Å². The summed E-state index contributed by atoms with van der Waals surface area (Å²) in [6.07, 6.45) is -2.50. The van der Waals surface area contributed by atoms with E-state index < -0.39 is 27.5 Å². The van der Waals surface area contributed by atoms with E-state index in [2.05, 4.69) is 14.8 Å². The SMILES string of the molecule is C[C@@H](C(F)(F)F)S(=O)(=O)N[C@H]1CCCn2ncnc21. The Kier molecular flexibility index (Phi) is 3.56. The zero-order valence-electron chi connectivity index (χ0n) is 10.1. The third kappa shape index (κ3) is 2.89. The fourth-order valence-corrected chi connectivity index (χ4v) is 3.05. The topological polar surface area (TPSA) is 76.9 Å². The summed E-state index contributed by atoms with van der Waals surface area (Å²) in [4.78, 5) is 3.89. The third-order valence-corrected chi connectivity index (χ3v) is 4.86. The predicted octanol–water partition coefficient (Wildman–Crippen LogP) is 0.983. The Bertz CT molecular complexity index is 554. The molecular formula is C9H13F3N4O2S. The number of halogens is 3. The lowest BCUT2D eigenvalue weighted by atomic mass is 10.1. The van der Waals surface area contributed by atoms with Crippen molar-refractivity contribution >= 4 is 10.0 Å². The van der Waals surface area contributed by atoms with Gasteiger partial charge in [0, 0.05) is 6.54 Å². The largest absolute Gasteiger partial charge is 0.406 e. The molecule has 0 spiro atoms. The molecule has 0 saturated carbocycles. The zero-order chi connectivity index (χ0) is 14.3. The Morgan fingerprint density at radius 1 is 1.53 bits per heavy atom. The maximum Gasteiger partial charge on any atom is 0.406 e. The fourth-order valence-electron chi connectivity index (χ4n) is 1.88. The van der Waals surface area contributed by atoms with Crippen LogP contribution >= 0.6 is 0 Å². The van der Waals surface area contributed by atoms with E-state index in [1.807, 2.05) is 0 Å². The Morgan fingerprint density at radius 2 is 2.21 bits per heavy atom. The summed E-state index contributed by atoms with van der Waals surface area (Å²) >= 11 is 0. The van der Waals surface area contributed by atoms with Gasteiger partial charge in [-0.25, -0.2) is 22.8 Å². The van der Waals surface area contributed by atoms with Crippen molar-refractivity contribution < 1.29 is 21.6 Å². The molecule has 1 aromatic rings. The maximum absolute atomic E-state index is 12.5. The third-order valence-electron chi connectivity index (χ3n) is 3.05. The molecule has 1 aliphatic rings. The van der Waals surface area contributed by atoms with E-state index in [9.17, 15) is 21.6 Å². The normalized spacial score (nSPS) is 22.0. The van der Waals surface area contributed by atoms with E-state index in [1.54, 1.807) is 0 Å². The van der Waals surface area contributed by atoms with Gasteiger partial charge in [0.2, 0.25) is 10.0 Å². The highest BCUT2D eigenvalue weighted by Gasteiger charge is 2.46. The highest BCUT2D eigenvalue weighted by Crippen LogP contribution is 2.28. The molecule has 6 nitrogen and oxygen atoms in total. The number of hydrogen-bond donors (Lipinski definition) is 1. The fraction of sp³-hybridized carbons (Fsp3) is 0.778. The molecule has 2 heterocycles. The number of nitrogens with one attached hydrogen (secondary N) is 1. The number of sulfonamides is 1. The zero-order valence-corrected chi connectivity index (χ0v) is 10.9. The minimum Gasteiger partial charge on any atom is -0.248 e. The van der Waals surface area contributed by atoms with Gasteiger partial charge in [-0.05, 0) is 19.8 Å². The standard InChI is InChI=1S/C9H13F3N4O2S/c1-6(9(10,11)12)19(17,18)15-7-3-2-4-16-8(7)13-5-14-16/h5-7,15H,2-4H2,1H3/t6-,7-/m0/s1. The highest BCUT2D eigenvalue weighted by molar-refractivity contribution is 7.90. The molecule has 2 atom stereocenters. The van der Waals surface area contributed by atoms with Gasteiger partial charge in [0.1, 0.15) is 12.2 Å². The molecule has 2 rings (SSSR count). The van der Waals surface area contributed by atoms with Crippen LogP contribution in [0.25, 0.3) is 0 Å². The molecule has 0 radical (unpaired) electrons. The average Bonchev–Trinajstić information content (AvgIpc) is 2.75. The molecule has 0 amide bonds. The number of fused-ring (bicyclic) bond motifs is 1. The quantitative estimate of drug-likeness (QED) is 0.902.